The van der Waals surface area contributed by atoms with Crippen molar-refractivity contribution in [3.63, 3.8) is 0 Å². The molecule has 0 rings (SSSR count). The van der Waals surface area contributed by atoms with Crippen molar-refractivity contribution in [1.82, 2.24) is 0 Å². The molecule has 0 aliphatic rings. The molecule has 0 saturated heterocycles. The number of carbonyl (C=O) groups excluding carboxylic acids is 2. The summed E-state index contributed by atoms with van der Waals surface area (Å²) < 4.78 is 4.41. The summed E-state index contributed by atoms with van der Waals surface area (Å²) in [6.07, 6.45) is 1.83. The fourth-order valence-corrected chi connectivity index (χ4v) is 0.374. The molecular formula is C8H12O3. The van der Waals surface area contributed by atoms with Crippen LogP contribution in [0.3, 0.4) is 0 Å². The number of allylic oxidation sites excluding steroid dienone is 1. The van der Waals surface area contributed by atoms with Crippen LogP contribution < -0.4 is 0 Å². The van der Waals surface area contributed by atoms with Gasteiger partial charge in [-0.3, -0.25) is 4.79 Å². The van der Waals surface area contributed by atoms with Crippen LogP contribution in [0.2, 0.25) is 0 Å². The zero-order valence-corrected chi connectivity index (χ0v) is 7.01. The molecule has 3 heteroatoms. The molecule has 0 heterocycles. The molecule has 0 radical (unpaired) electrons. The lowest BCUT2D eigenvalue weighted by atomic mass is 10.3. The summed E-state index contributed by atoms with van der Waals surface area (Å²) in [5, 5.41) is 0. The first-order valence-corrected chi connectivity index (χ1v) is 3.49. The summed E-state index contributed by atoms with van der Waals surface area (Å²) in [7, 11) is 0. The smallest absolute Gasteiger partial charge is 0.341 e. The molecule has 0 atom stereocenters. The molecule has 62 valence electrons. The number of esters is 2. The number of carbonyl (C=O) groups is 2. The molecule has 0 fully saturated rings. The second kappa shape index (κ2) is 4.66. The Morgan fingerprint density at radius 1 is 1.45 bits per heavy atom. The van der Waals surface area contributed by atoms with Crippen LogP contribution in [0.4, 0.5) is 0 Å². The van der Waals surface area contributed by atoms with Crippen LogP contribution in [-0.2, 0) is 14.3 Å². The zero-order chi connectivity index (χ0) is 8.85. The molecule has 0 aromatic heterocycles. The third kappa shape index (κ3) is 3.55. The van der Waals surface area contributed by atoms with E-state index in [1.54, 1.807) is 26.8 Å². The van der Waals surface area contributed by atoms with Gasteiger partial charge in [0.15, 0.2) is 0 Å². The minimum absolute atomic E-state index is 0.225. The predicted octanol–water partition coefficient (Wildman–Crippen LogP) is 1.43. The van der Waals surface area contributed by atoms with Gasteiger partial charge in [-0.15, -0.1) is 0 Å². The van der Waals surface area contributed by atoms with E-state index < -0.39 is 11.9 Å². The molecule has 0 aromatic rings. The molecule has 0 unspecified atom stereocenters. The minimum Gasteiger partial charge on any atom is -0.390 e. The third-order valence-corrected chi connectivity index (χ3v) is 1.25. The van der Waals surface area contributed by atoms with E-state index >= 15 is 0 Å². The van der Waals surface area contributed by atoms with Crippen molar-refractivity contribution in [2.24, 2.45) is 0 Å². The van der Waals surface area contributed by atoms with Crippen molar-refractivity contribution < 1.29 is 14.3 Å². The Hall–Kier alpha value is -1.12. The number of ether oxygens (including phenoxy) is 1. The predicted molar refractivity (Wildman–Crippen MR) is 40.8 cm³/mol. The van der Waals surface area contributed by atoms with Gasteiger partial charge in [0.1, 0.15) is 0 Å². The fraction of sp³-hybridized carbons (Fsp3) is 0.500. The van der Waals surface area contributed by atoms with Crippen molar-refractivity contribution in [1.29, 1.82) is 0 Å². The van der Waals surface area contributed by atoms with Gasteiger partial charge >= 0.3 is 11.9 Å². The van der Waals surface area contributed by atoms with E-state index in [0.717, 1.165) is 0 Å². The average molecular weight is 156 g/mol. The standard InChI is InChI=1S/C8H12O3/c1-4-6(3)8(10)11-7(9)5-2/h4H,5H2,1-3H3/b6-4+. The van der Waals surface area contributed by atoms with Crippen molar-refractivity contribution >= 4 is 11.9 Å². The lowest BCUT2D eigenvalue weighted by Gasteiger charge is -1.99. The summed E-state index contributed by atoms with van der Waals surface area (Å²) in [5.41, 5.74) is 0.451. The van der Waals surface area contributed by atoms with Gasteiger partial charge in [0.2, 0.25) is 0 Å². The van der Waals surface area contributed by atoms with Crippen molar-refractivity contribution in [2.75, 3.05) is 0 Å². The Kier molecular flexibility index (Phi) is 4.18. The number of hydrogen-bond donors (Lipinski definition) is 0. The first-order chi connectivity index (χ1) is 5.11. The number of rotatable bonds is 2. The average Bonchev–Trinajstić information content (AvgIpc) is 2.02. The molecule has 11 heavy (non-hydrogen) atoms. The highest BCUT2D eigenvalue weighted by atomic mass is 16.6. The Morgan fingerprint density at radius 3 is 2.36 bits per heavy atom. The SMILES string of the molecule is C/C=C(\C)C(=O)OC(=O)CC. The van der Waals surface area contributed by atoms with Crippen LogP contribution in [0.1, 0.15) is 27.2 Å². The van der Waals surface area contributed by atoms with E-state index in [2.05, 4.69) is 4.74 Å². The van der Waals surface area contributed by atoms with Gasteiger partial charge in [0.25, 0.3) is 0 Å². The minimum atomic E-state index is -0.556. The van der Waals surface area contributed by atoms with Crippen LogP contribution in [0, 0.1) is 0 Å². The Bertz CT molecular complexity index is 192. The topological polar surface area (TPSA) is 43.4 Å². The summed E-state index contributed by atoms with van der Waals surface area (Å²) in [6.45, 7) is 4.96. The quantitative estimate of drug-likeness (QED) is 0.345. The lowest BCUT2D eigenvalue weighted by molar-refractivity contribution is -0.156. The van der Waals surface area contributed by atoms with Crippen LogP contribution in [-0.4, -0.2) is 11.9 Å². The first-order valence-electron chi connectivity index (χ1n) is 3.49. The van der Waals surface area contributed by atoms with Crippen LogP contribution in [0.15, 0.2) is 11.6 Å². The lowest BCUT2D eigenvalue weighted by Crippen LogP contribution is -2.11. The molecular weight excluding hydrogens is 144 g/mol. The largest absolute Gasteiger partial charge is 0.390 e. The Labute approximate surface area is 66.0 Å². The van der Waals surface area contributed by atoms with Gasteiger partial charge in [0.05, 0.1) is 0 Å². The fourth-order valence-electron chi connectivity index (χ4n) is 0.374. The molecule has 0 saturated carbocycles. The van der Waals surface area contributed by atoms with Gasteiger partial charge in [-0.25, -0.2) is 4.79 Å². The van der Waals surface area contributed by atoms with Crippen molar-refractivity contribution in [3.05, 3.63) is 11.6 Å². The summed E-state index contributed by atoms with van der Waals surface area (Å²) >= 11 is 0. The monoisotopic (exact) mass is 156 g/mol. The highest BCUT2D eigenvalue weighted by Crippen LogP contribution is 1.97. The molecule has 0 amide bonds. The molecule has 0 N–H and O–H groups in total. The van der Waals surface area contributed by atoms with Gasteiger partial charge in [-0.1, -0.05) is 13.0 Å². The molecule has 0 spiro atoms. The highest BCUT2D eigenvalue weighted by Gasteiger charge is 2.08. The Morgan fingerprint density at radius 2 is 2.00 bits per heavy atom. The van der Waals surface area contributed by atoms with E-state index in [1.165, 1.54) is 0 Å². The summed E-state index contributed by atoms with van der Waals surface area (Å²) in [4.78, 5) is 21.4. The first kappa shape index (κ1) is 9.88. The maximum absolute atomic E-state index is 10.8. The van der Waals surface area contributed by atoms with Crippen LogP contribution >= 0.6 is 0 Å². The molecule has 0 aliphatic heterocycles. The Balaban J connectivity index is 3.98. The van der Waals surface area contributed by atoms with Crippen LogP contribution in [0.5, 0.6) is 0 Å². The summed E-state index contributed by atoms with van der Waals surface area (Å²) in [5.74, 6) is -1.05. The molecule has 3 nitrogen and oxygen atoms in total. The van der Waals surface area contributed by atoms with Gasteiger partial charge in [-0.05, 0) is 13.8 Å². The normalized spacial score (nSPS) is 11.0. The van der Waals surface area contributed by atoms with Gasteiger partial charge < -0.3 is 4.74 Å². The third-order valence-electron chi connectivity index (χ3n) is 1.25. The molecule has 0 aliphatic carbocycles. The van der Waals surface area contributed by atoms with E-state index in [9.17, 15) is 9.59 Å². The highest BCUT2D eigenvalue weighted by molar-refractivity contribution is 5.95. The van der Waals surface area contributed by atoms with Crippen LogP contribution in [0.25, 0.3) is 0 Å². The van der Waals surface area contributed by atoms with E-state index in [1.807, 2.05) is 0 Å². The maximum Gasteiger partial charge on any atom is 0.341 e. The van der Waals surface area contributed by atoms with E-state index in [-0.39, 0.29) is 6.42 Å². The second-order valence-electron chi connectivity index (χ2n) is 2.09. The van der Waals surface area contributed by atoms with Gasteiger partial charge in [-0.2, -0.15) is 0 Å². The molecule has 0 bridgehead atoms. The van der Waals surface area contributed by atoms with E-state index in [4.69, 9.17) is 0 Å². The summed E-state index contributed by atoms with van der Waals surface area (Å²) in [6, 6.07) is 0. The van der Waals surface area contributed by atoms with E-state index in [0.29, 0.717) is 5.57 Å². The van der Waals surface area contributed by atoms with Crippen molar-refractivity contribution in [2.45, 2.75) is 27.2 Å². The number of hydrogen-bond acceptors (Lipinski definition) is 3. The zero-order valence-electron chi connectivity index (χ0n) is 7.01. The maximum atomic E-state index is 10.8. The van der Waals surface area contributed by atoms with Crippen molar-refractivity contribution in [3.8, 4) is 0 Å². The second-order valence-corrected chi connectivity index (χ2v) is 2.09. The molecule has 0 aromatic carbocycles. The van der Waals surface area contributed by atoms with Gasteiger partial charge in [0, 0.05) is 12.0 Å².